The lowest BCUT2D eigenvalue weighted by Gasteiger charge is -2.15. The maximum absolute atomic E-state index is 11.4. The van der Waals surface area contributed by atoms with E-state index in [-0.39, 0.29) is 5.57 Å². The fourth-order valence-corrected chi connectivity index (χ4v) is 1.69. The van der Waals surface area contributed by atoms with Crippen molar-refractivity contribution in [3.8, 4) is 11.8 Å². The van der Waals surface area contributed by atoms with E-state index in [0.29, 0.717) is 6.61 Å². The zero-order valence-electron chi connectivity index (χ0n) is 9.93. The monoisotopic (exact) mass is 240 g/mol. The number of carbonyl (C=O) groups excluding carboxylic acids is 1. The maximum Gasteiger partial charge on any atom is 0.261 e. The molecule has 0 aliphatic carbocycles. The van der Waals surface area contributed by atoms with E-state index < -0.39 is 5.91 Å². The Morgan fingerprint density at radius 2 is 2.28 bits per heavy atom. The first-order valence-electron chi connectivity index (χ1n) is 5.51. The summed E-state index contributed by atoms with van der Waals surface area (Å²) in [5, 5.41) is 11.3. The number of hydrogen-bond donors (Lipinski definition) is 1. The highest BCUT2D eigenvalue weighted by molar-refractivity contribution is 5.97. The minimum atomic E-state index is -0.391. The van der Waals surface area contributed by atoms with E-state index in [4.69, 9.17) is 10.00 Å². The van der Waals surface area contributed by atoms with Crippen molar-refractivity contribution in [1.29, 1.82) is 5.26 Å². The van der Waals surface area contributed by atoms with Gasteiger partial charge in [0, 0.05) is 12.6 Å². The number of benzene rings is 1. The van der Waals surface area contributed by atoms with E-state index in [9.17, 15) is 4.79 Å². The topological polar surface area (TPSA) is 62.1 Å². The van der Waals surface area contributed by atoms with Gasteiger partial charge >= 0.3 is 0 Å². The minimum Gasteiger partial charge on any atom is -0.488 e. The van der Waals surface area contributed by atoms with Crippen molar-refractivity contribution < 1.29 is 9.53 Å². The summed E-state index contributed by atoms with van der Waals surface area (Å²) in [6.07, 6.45) is 3.47. The molecule has 0 fully saturated rings. The van der Waals surface area contributed by atoms with Gasteiger partial charge in [0.1, 0.15) is 24.0 Å². The van der Waals surface area contributed by atoms with Crippen LogP contribution in [0, 0.1) is 11.3 Å². The highest BCUT2D eigenvalue weighted by Gasteiger charge is 2.12. The van der Waals surface area contributed by atoms with Crippen LogP contribution in [0.25, 0.3) is 6.08 Å². The van der Waals surface area contributed by atoms with Crippen LogP contribution in [0.15, 0.2) is 41.5 Å². The Kier molecular flexibility index (Phi) is 3.44. The highest BCUT2D eigenvalue weighted by Crippen LogP contribution is 2.26. The highest BCUT2D eigenvalue weighted by atomic mass is 16.5. The molecule has 2 rings (SSSR count). The van der Waals surface area contributed by atoms with Crippen molar-refractivity contribution in [3.05, 3.63) is 47.1 Å². The first kappa shape index (κ1) is 11.9. The van der Waals surface area contributed by atoms with Crippen molar-refractivity contribution in [1.82, 2.24) is 5.32 Å². The smallest absolute Gasteiger partial charge is 0.261 e. The van der Waals surface area contributed by atoms with Crippen LogP contribution in [0.4, 0.5) is 0 Å². The molecule has 0 spiro atoms. The summed E-state index contributed by atoms with van der Waals surface area (Å²) in [5.41, 5.74) is 1.82. The van der Waals surface area contributed by atoms with Gasteiger partial charge in [0.25, 0.3) is 5.91 Å². The van der Waals surface area contributed by atoms with Gasteiger partial charge in [-0.05, 0) is 23.8 Å². The third kappa shape index (κ3) is 2.41. The van der Waals surface area contributed by atoms with Gasteiger partial charge in [-0.25, -0.2) is 0 Å². The minimum absolute atomic E-state index is 0.0757. The quantitative estimate of drug-likeness (QED) is 0.631. The number of nitrogens with one attached hydrogen (secondary N) is 1. The zero-order chi connectivity index (χ0) is 13.0. The van der Waals surface area contributed by atoms with Crippen LogP contribution in [0.3, 0.4) is 0 Å². The Bertz CT molecular complexity index is 580. The molecule has 1 aliphatic heterocycles. The number of amides is 1. The molecule has 1 aromatic carbocycles. The fourth-order valence-electron chi connectivity index (χ4n) is 1.69. The van der Waals surface area contributed by atoms with E-state index in [1.165, 1.54) is 7.05 Å². The molecule has 18 heavy (non-hydrogen) atoms. The van der Waals surface area contributed by atoms with Gasteiger partial charge in [0.05, 0.1) is 0 Å². The number of ether oxygens (including phenoxy) is 1. The maximum atomic E-state index is 11.4. The average Bonchev–Trinajstić information content (AvgIpc) is 2.43. The molecule has 0 atom stereocenters. The Hall–Kier alpha value is -2.54. The number of para-hydroxylation sites is 1. The summed E-state index contributed by atoms with van der Waals surface area (Å²) in [6.45, 7) is 0.360. The summed E-state index contributed by atoms with van der Waals surface area (Å²) in [6, 6.07) is 9.50. The second kappa shape index (κ2) is 5.19. The Morgan fingerprint density at radius 3 is 3.00 bits per heavy atom. The molecule has 1 heterocycles. The number of hydrogen-bond acceptors (Lipinski definition) is 3. The molecule has 90 valence electrons. The molecule has 1 aromatic rings. The van der Waals surface area contributed by atoms with Crippen molar-refractivity contribution in [2.45, 2.75) is 0 Å². The molecule has 0 bridgehead atoms. The third-order valence-electron chi connectivity index (χ3n) is 2.58. The second-order valence-corrected chi connectivity index (χ2v) is 3.79. The summed E-state index contributed by atoms with van der Waals surface area (Å²) in [5.74, 6) is 0.422. The molecule has 0 radical (unpaired) electrons. The lowest BCUT2D eigenvalue weighted by Crippen LogP contribution is -2.19. The van der Waals surface area contributed by atoms with Gasteiger partial charge in [-0.1, -0.05) is 18.2 Å². The van der Waals surface area contributed by atoms with E-state index >= 15 is 0 Å². The SMILES string of the molecule is CNC(=O)/C(C#N)=C/C1=Cc2ccccc2OC1. The van der Waals surface area contributed by atoms with Crippen LogP contribution in [0.5, 0.6) is 5.75 Å². The lowest BCUT2D eigenvalue weighted by atomic mass is 10.1. The van der Waals surface area contributed by atoms with Crippen LogP contribution in [-0.2, 0) is 4.79 Å². The van der Waals surface area contributed by atoms with Crippen LogP contribution >= 0.6 is 0 Å². The molecule has 4 nitrogen and oxygen atoms in total. The van der Waals surface area contributed by atoms with Crippen LogP contribution < -0.4 is 10.1 Å². The van der Waals surface area contributed by atoms with Gasteiger partial charge in [0.15, 0.2) is 0 Å². The van der Waals surface area contributed by atoms with Crippen molar-refractivity contribution in [3.63, 3.8) is 0 Å². The first-order chi connectivity index (χ1) is 8.74. The fraction of sp³-hybridized carbons (Fsp3) is 0.143. The predicted molar refractivity (Wildman–Crippen MR) is 67.7 cm³/mol. The predicted octanol–water partition coefficient (Wildman–Crippen LogP) is 1.66. The molecule has 0 unspecified atom stereocenters. The van der Waals surface area contributed by atoms with Gasteiger partial charge in [-0.3, -0.25) is 4.79 Å². The van der Waals surface area contributed by atoms with Crippen LogP contribution in [-0.4, -0.2) is 19.6 Å². The largest absolute Gasteiger partial charge is 0.488 e. The molecule has 1 amide bonds. The molecule has 0 aromatic heterocycles. The molecule has 1 aliphatic rings. The number of carbonyl (C=O) groups is 1. The van der Waals surface area contributed by atoms with Crippen molar-refractivity contribution >= 4 is 12.0 Å². The normalized spacial score (nSPS) is 13.8. The number of likely N-dealkylation sites (N-methyl/N-ethyl adjacent to an activating group) is 1. The van der Waals surface area contributed by atoms with Crippen LogP contribution in [0.1, 0.15) is 5.56 Å². The Labute approximate surface area is 105 Å². The zero-order valence-corrected chi connectivity index (χ0v) is 9.93. The third-order valence-corrected chi connectivity index (χ3v) is 2.58. The molecular weight excluding hydrogens is 228 g/mol. The van der Waals surface area contributed by atoms with E-state index in [1.54, 1.807) is 6.08 Å². The standard InChI is InChI=1S/C14H12N2O2/c1-16-14(17)12(8-15)7-10-6-11-4-2-3-5-13(11)18-9-10/h2-7H,9H2,1H3,(H,16,17)/b12-7+. The van der Waals surface area contributed by atoms with Gasteiger partial charge in [0.2, 0.25) is 0 Å². The summed E-state index contributed by atoms with van der Waals surface area (Å²) >= 11 is 0. The number of rotatable bonds is 2. The first-order valence-corrected chi connectivity index (χ1v) is 5.51. The van der Waals surface area contributed by atoms with Crippen LogP contribution in [0.2, 0.25) is 0 Å². The molecular formula is C14H12N2O2. The Morgan fingerprint density at radius 1 is 1.50 bits per heavy atom. The summed E-state index contributed by atoms with van der Waals surface area (Å²) in [4.78, 5) is 11.4. The van der Waals surface area contributed by atoms with E-state index in [0.717, 1.165) is 16.9 Å². The summed E-state index contributed by atoms with van der Waals surface area (Å²) in [7, 11) is 1.49. The molecule has 0 saturated heterocycles. The van der Waals surface area contributed by atoms with Crippen molar-refractivity contribution in [2.24, 2.45) is 0 Å². The number of nitriles is 1. The number of nitrogens with zero attached hydrogens (tertiary/aromatic N) is 1. The lowest BCUT2D eigenvalue weighted by molar-refractivity contribution is -0.116. The van der Waals surface area contributed by atoms with Gasteiger partial charge in [-0.2, -0.15) is 5.26 Å². The number of fused-ring (bicyclic) bond motifs is 1. The Balaban J connectivity index is 2.32. The molecule has 1 N–H and O–H groups in total. The molecule has 4 heteroatoms. The van der Waals surface area contributed by atoms with Gasteiger partial charge in [-0.15, -0.1) is 0 Å². The van der Waals surface area contributed by atoms with Gasteiger partial charge < -0.3 is 10.1 Å². The van der Waals surface area contributed by atoms with E-state index in [2.05, 4.69) is 5.32 Å². The van der Waals surface area contributed by atoms with E-state index in [1.807, 2.05) is 36.4 Å². The average molecular weight is 240 g/mol. The molecule has 0 saturated carbocycles. The van der Waals surface area contributed by atoms with Crippen molar-refractivity contribution in [2.75, 3.05) is 13.7 Å². The second-order valence-electron chi connectivity index (χ2n) is 3.79. The summed E-state index contributed by atoms with van der Waals surface area (Å²) < 4.78 is 5.54.